The van der Waals surface area contributed by atoms with Crippen molar-refractivity contribution in [3.63, 3.8) is 0 Å². The Labute approximate surface area is 147 Å². The molecule has 0 spiro atoms. The van der Waals surface area contributed by atoms with Gasteiger partial charge in [0.2, 0.25) is 5.95 Å². The van der Waals surface area contributed by atoms with Crippen molar-refractivity contribution in [2.45, 2.75) is 12.6 Å². The first kappa shape index (κ1) is 17.3. The van der Waals surface area contributed by atoms with Gasteiger partial charge < -0.3 is 19.9 Å². The highest BCUT2D eigenvalue weighted by Crippen LogP contribution is 2.22. The molecule has 1 saturated heterocycles. The van der Waals surface area contributed by atoms with Crippen LogP contribution in [0.4, 0.5) is 5.95 Å². The lowest BCUT2D eigenvalue weighted by Gasteiger charge is -2.26. The summed E-state index contributed by atoms with van der Waals surface area (Å²) >= 11 is 1.80. The van der Waals surface area contributed by atoms with Gasteiger partial charge in [-0.1, -0.05) is 6.07 Å². The van der Waals surface area contributed by atoms with Gasteiger partial charge in [-0.3, -0.25) is 0 Å². The first-order valence-corrected chi connectivity index (χ1v) is 9.16. The summed E-state index contributed by atoms with van der Waals surface area (Å²) in [5.74, 6) is 0.798. The Morgan fingerprint density at radius 3 is 2.67 bits per heavy atom. The van der Waals surface area contributed by atoms with Gasteiger partial charge in [0.15, 0.2) is 0 Å². The van der Waals surface area contributed by atoms with Crippen molar-refractivity contribution < 1.29 is 4.74 Å². The molecular weight excluding hydrogens is 322 g/mol. The summed E-state index contributed by atoms with van der Waals surface area (Å²) in [4.78, 5) is 14.8. The van der Waals surface area contributed by atoms with Crippen molar-refractivity contribution in [1.82, 2.24) is 20.2 Å². The molecule has 0 saturated carbocycles. The Hall–Kier alpha value is -1.54. The topological polar surface area (TPSA) is 53.5 Å². The molecule has 24 heavy (non-hydrogen) atoms. The molecule has 1 aliphatic rings. The first-order valence-electron chi connectivity index (χ1n) is 8.28. The molecule has 1 fully saturated rings. The second kappa shape index (κ2) is 8.53. The second-order valence-corrected chi connectivity index (χ2v) is 7.10. The average molecular weight is 347 g/mol. The third-order valence-electron chi connectivity index (χ3n) is 4.15. The number of anilines is 1. The fourth-order valence-corrected chi connectivity index (χ4v) is 3.66. The molecule has 130 valence electrons. The lowest BCUT2D eigenvalue weighted by Crippen LogP contribution is -2.37. The van der Waals surface area contributed by atoms with Gasteiger partial charge >= 0.3 is 0 Å². The number of aromatic nitrogens is 2. The van der Waals surface area contributed by atoms with E-state index in [-0.39, 0.29) is 0 Å². The van der Waals surface area contributed by atoms with E-state index in [0.717, 1.165) is 50.9 Å². The lowest BCUT2D eigenvalue weighted by molar-refractivity contribution is 0.122. The molecule has 2 aromatic rings. The smallest absolute Gasteiger partial charge is 0.225 e. The predicted molar refractivity (Wildman–Crippen MR) is 97.5 cm³/mol. The van der Waals surface area contributed by atoms with Crippen LogP contribution in [0.25, 0.3) is 0 Å². The molecule has 1 N–H and O–H groups in total. The minimum Gasteiger partial charge on any atom is -0.378 e. The van der Waals surface area contributed by atoms with E-state index in [0.29, 0.717) is 6.04 Å². The van der Waals surface area contributed by atoms with E-state index in [1.807, 2.05) is 12.4 Å². The fourth-order valence-electron chi connectivity index (χ4n) is 2.74. The summed E-state index contributed by atoms with van der Waals surface area (Å²) in [5, 5.41) is 5.65. The van der Waals surface area contributed by atoms with Crippen LogP contribution in [-0.2, 0) is 11.3 Å². The van der Waals surface area contributed by atoms with Crippen LogP contribution >= 0.6 is 11.3 Å². The monoisotopic (exact) mass is 347 g/mol. The minimum atomic E-state index is 0.388. The van der Waals surface area contributed by atoms with Gasteiger partial charge in [-0.05, 0) is 25.5 Å². The number of nitrogens with one attached hydrogen (secondary N) is 1. The van der Waals surface area contributed by atoms with Gasteiger partial charge in [-0.25, -0.2) is 9.97 Å². The zero-order valence-electron chi connectivity index (χ0n) is 14.3. The summed E-state index contributed by atoms with van der Waals surface area (Å²) in [6.45, 7) is 4.91. The molecule has 0 amide bonds. The van der Waals surface area contributed by atoms with Gasteiger partial charge in [-0.15, -0.1) is 11.3 Å². The van der Waals surface area contributed by atoms with E-state index >= 15 is 0 Å². The summed E-state index contributed by atoms with van der Waals surface area (Å²) in [6, 6.07) is 4.69. The maximum Gasteiger partial charge on any atom is 0.225 e. The predicted octanol–water partition coefficient (Wildman–Crippen LogP) is 1.77. The number of hydrogen-bond acceptors (Lipinski definition) is 7. The van der Waals surface area contributed by atoms with E-state index in [4.69, 9.17) is 4.74 Å². The number of thiophene rings is 1. The van der Waals surface area contributed by atoms with Crippen LogP contribution < -0.4 is 10.2 Å². The second-order valence-electron chi connectivity index (χ2n) is 6.12. The number of likely N-dealkylation sites (N-methyl/N-ethyl adjacent to an activating group) is 1. The zero-order valence-corrected chi connectivity index (χ0v) is 15.1. The van der Waals surface area contributed by atoms with Gasteiger partial charge in [-0.2, -0.15) is 0 Å². The van der Waals surface area contributed by atoms with Crippen molar-refractivity contribution in [3.05, 3.63) is 40.3 Å². The summed E-state index contributed by atoms with van der Waals surface area (Å²) < 4.78 is 5.36. The third kappa shape index (κ3) is 4.51. The number of morpholine rings is 1. The van der Waals surface area contributed by atoms with E-state index in [1.165, 1.54) is 4.88 Å². The zero-order chi connectivity index (χ0) is 16.8. The van der Waals surface area contributed by atoms with E-state index in [2.05, 4.69) is 56.7 Å². The fraction of sp³-hybridized carbons (Fsp3) is 0.529. The summed E-state index contributed by atoms with van der Waals surface area (Å²) in [6.07, 6.45) is 3.83. The molecule has 3 rings (SSSR count). The van der Waals surface area contributed by atoms with E-state index < -0.39 is 0 Å². The van der Waals surface area contributed by atoms with Crippen LogP contribution in [0.1, 0.15) is 16.5 Å². The highest BCUT2D eigenvalue weighted by molar-refractivity contribution is 7.10. The molecule has 0 aliphatic carbocycles. The van der Waals surface area contributed by atoms with Crippen LogP contribution in [0, 0.1) is 0 Å². The quantitative estimate of drug-likeness (QED) is 0.824. The average Bonchev–Trinajstić information content (AvgIpc) is 3.14. The SMILES string of the molecule is CN(C)C(CNCc1cnc(N2CCOCC2)nc1)c1cccs1. The Morgan fingerprint density at radius 1 is 1.29 bits per heavy atom. The first-order chi connectivity index (χ1) is 11.7. The van der Waals surface area contributed by atoms with Crippen molar-refractivity contribution in [3.8, 4) is 0 Å². The highest BCUT2D eigenvalue weighted by Gasteiger charge is 2.15. The number of nitrogens with zero attached hydrogens (tertiary/aromatic N) is 4. The Kier molecular flexibility index (Phi) is 6.14. The molecule has 1 atom stereocenters. The van der Waals surface area contributed by atoms with E-state index in [1.54, 1.807) is 11.3 Å². The molecule has 6 nitrogen and oxygen atoms in total. The van der Waals surface area contributed by atoms with Crippen LogP contribution in [0.3, 0.4) is 0 Å². The molecule has 0 aromatic carbocycles. The van der Waals surface area contributed by atoms with Gasteiger partial charge in [0.05, 0.1) is 19.3 Å². The third-order valence-corrected chi connectivity index (χ3v) is 5.12. The Morgan fingerprint density at radius 2 is 2.04 bits per heavy atom. The number of rotatable bonds is 7. The normalized spacial score (nSPS) is 16.5. The minimum absolute atomic E-state index is 0.388. The molecule has 7 heteroatoms. The van der Waals surface area contributed by atoms with Crippen molar-refractivity contribution in [2.75, 3.05) is 51.8 Å². The lowest BCUT2D eigenvalue weighted by atomic mass is 10.2. The molecule has 0 radical (unpaired) electrons. The van der Waals surface area contributed by atoms with Crippen LogP contribution in [-0.4, -0.2) is 61.8 Å². The molecule has 2 aromatic heterocycles. The standard InChI is InChI=1S/C17H25N5OS/c1-21(2)15(16-4-3-9-24-16)13-18-10-14-11-19-17(20-12-14)22-5-7-23-8-6-22/h3-4,9,11-12,15,18H,5-8,10,13H2,1-2H3. The molecule has 0 bridgehead atoms. The van der Waals surface area contributed by atoms with Crippen molar-refractivity contribution in [2.24, 2.45) is 0 Å². The number of hydrogen-bond donors (Lipinski definition) is 1. The maximum atomic E-state index is 5.36. The molecule has 1 aliphatic heterocycles. The summed E-state index contributed by atoms with van der Waals surface area (Å²) in [5.41, 5.74) is 1.11. The van der Waals surface area contributed by atoms with Crippen molar-refractivity contribution in [1.29, 1.82) is 0 Å². The highest BCUT2D eigenvalue weighted by atomic mass is 32.1. The largest absolute Gasteiger partial charge is 0.378 e. The van der Waals surface area contributed by atoms with Gasteiger partial charge in [0.25, 0.3) is 0 Å². The van der Waals surface area contributed by atoms with Crippen LogP contribution in [0.15, 0.2) is 29.9 Å². The summed E-state index contributed by atoms with van der Waals surface area (Å²) in [7, 11) is 4.23. The van der Waals surface area contributed by atoms with E-state index in [9.17, 15) is 0 Å². The number of ether oxygens (including phenoxy) is 1. The van der Waals surface area contributed by atoms with Crippen molar-refractivity contribution >= 4 is 17.3 Å². The molecular formula is C17H25N5OS. The Balaban J connectivity index is 1.51. The molecule has 3 heterocycles. The van der Waals surface area contributed by atoms with Crippen LogP contribution in [0.2, 0.25) is 0 Å². The van der Waals surface area contributed by atoms with Crippen LogP contribution in [0.5, 0.6) is 0 Å². The molecule has 1 unspecified atom stereocenters. The van der Waals surface area contributed by atoms with Gasteiger partial charge in [0, 0.05) is 49.0 Å². The Bertz CT molecular complexity index is 596. The maximum absolute atomic E-state index is 5.36. The van der Waals surface area contributed by atoms with Gasteiger partial charge in [0.1, 0.15) is 0 Å².